The number of benzene rings is 2. The standard InChI is InChI=1S/C26H36N4O6/c27-16-23(31)17-29-24(32)15-22(30-26(34)36-19-21-11-5-2-6-12-21)13-7-8-14-28-25(33)35-18-20-9-3-1-4-10-20/h1-6,9-12,22-23,31H,7-8,13-19,27H2,(H,28,33)(H,29,32)(H,30,34)/t22-,23?/m0/s1. The SMILES string of the molecule is NCC(O)CNC(=O)C[C@H](CCCCNC(=O)OCc1ccccc1)NC(=O)OCc1ccccc1. The fourth-order valence-electron chi connectivity index (χ4n) is 3.25. The van der Waals surface area contributed by atoms with Crippen molar-refractivity contribution in [3.63, 3.8) is 0 Å². The highest BCUT2D eigenvalue weighted by molar-refractivity contribution is 5.77. The number of aliphatic hydroxyl groups excluding tert-OH is 1. The van der Waals surface area contributed by atoms with Crippen molar-refractivity contribution >= 4 is 18.1 Å². The van der Waals surface area contributed by atoms with Gasteiger partial charge in [-0.25, -0.2) is 9.59 Å². The average Bonchev–Trinajstić information content (AvgIpc) is 2.90. The summed E-state index contributed by atoms with van der Waals surface area (Å²) in [6, 6.07) is 18.2. The van der Waals surface area contributed by atoms with Crippen LogP contribution < -0.4 is 21.7 Å². The third kappa shape index (κ3) is 12.7. The van der Waals surface area contributed by atoms with E-state index in [1.165, 1.54) is 0 Å². The number of ether oxygens (including phenoxy) is 2. The number of carbonyl (C=O) groups excluding carboxylic acids is 3. The van der Waals surface area contributed by atoms with Gasteiger partial charge in [-0.05, 0) is 30.4 Å². The van der Waals surface area contributed by atoms with Crippen LogP contribution in [0.1, 0.15) is 36.8 Å². The van der Waals surface area contributed by atoms with E-state index < -0.39 is 24.3 Å². The number of nitrogens with two attached hydrogens (primary N) is 1. The highest BCUT2D eigenvalue weighted by Gasteiger charge is 2.18. The zero-order valence-electron chi connectivity index (χ0n) is 20.4. The Balaban J connectivity index is 1.73. The van der Waals surface area contributed by atoms with Crippen LogP contribution in [-0.4, -0.2) is 55.0 Å². The molecule has 0 radical (unpaired) electrons. The van der Waals surface area contributed by atoms with Crippen molar-refractivity contribution in [3.8, 4) is 0 Å². The van der Waals surface area contributed by atoms with Crippen molar-refractivity contribution in [3.05, 3.63) is 71.8 Å². The molecule has 0 saturated heterocycles. The van der Waals surface area contributed by atoms with Gasteiger partial charge < -0.3 is 36.3 Å². The predicted molar refractivity (Wildman–Crippen MR) is 135 cm³/mol. The maximum absolute atomic E-state index is 12.3. The maximum Gasteiger partial charge on any atom is 0.407 e. The minimum atomic E-state index is -0.830. The van der Waals surface area contributed by atoms with Gasteiger partial charge in [0.15, 0.2) is 0 Å². The molecule has 2 aromatic carbocycles. The van der Waals surface area contributed by atoms with Gasteiger partial charge in [0.1, 0.15) is 13.2 Å². The van der Waals surface area contributed by atoms with Crippen molar-refractivity contribution in [1.29, 1.82) is 0 Å². The first-order valence-electron chi connectivity index (χ1n) is 12.0. The molecule has 196 valence electrons. The van der Waals surface area contributed by atoms with E-state index in [1.807, 2.05) is 60.7 Å². The molecule has 2 atom stereocenters. The molecule has 0 aliphatic rings. The monoisotopic (exact) mass is 500 g/mol. The first-order chi connectivity index (χ1) is 17.5. The summed E-state index contributed by atoms with van der Waals surface area (Å²) in [7, 11) is 0. The van der Waals surface area contributed by atoms with Crippen LogP contribution in [0.15, 0.2) is 60.7 Å². The Morgan fingerprint density at radius 2 is 1.42 bits per heavy atom. The Hall–Kier alpha value is -3.63. The third-order valence-corrected chi connectivity index (χ3v) is 5.23. The second-order valence-corrected chi connectivity index (χ2v) is 8.29. The Labute approximate surface area is 211 Å². The Morgan fingerprint density at radius 3 is 2.00 bits per heavy atom. The van der Waals surface area contributed by atoms with Gasteiger partial charge in [-0.15, -0.1) is 0 Å². The van der Waals surface area contributed by atoms with Gasteiger partial charge >= 0.3 is 12.2 Å². The molecule has 6 N–H and O–H groups in total. The summed E-state index contributed by atoms with van der Waals surface area (Å²) in [5.74, 6) is -0.321. The molecule has 0 bridgehead atoms. The second-order valence-electron chi connectivity index (χ2n) is 8.29. The number of hydrogen-bond donors (Lipinski definition) is 5. The molecule has 2 aromatic rings. The number of hydrogen-bond acceptors (Lipinski definition) is 7. The number of unbranched alkanes of at least 4 members (excludes halogenated alkanes) is 1. The number of carbonyl (C=O) groups is 3. The summed E-state index contributed by atoms with van der Waals surface area (Å²) in [4.78, 5) is 36.4. The second kappa shape index (κ2) is 16.9. The van der Waals surface area contributed by atoms with E-state index in [0.29, 0.717) is 25.8 Å². The summed E-state index contributed by atoms with van der Waals surface area (Å²) >= 11 is 0. The molecule has 3 amide bonds. The highest BCUT2D eigenvalue weighted by Crippen LogP contribution is 2.07. The van der Waals surface area contributed by atoms with Crippen molar-refractivity contribution in [2.24, 2.45) is 5.73 Å². The minimum Gasteiger partial charge on any atom is -0.445 e. The molecule has 1 unspecified atom stereocenters. The van der Waals surface area contributed by atoms with Crippen LogP contribution in [0, 0.1) is 0 Å². The lowest BCUT2D eigenvalue weighted by Gasteiger charge is -2.19. The van der Waals surface area contributed by atoms with Gasteiger partial charge in [0.05, 0.1) is 6.10 Å². The zero-order valence-corrected chi connectivity index (χ0v) is 20.4. The van der Waals surface area contributed by atoms with Crippen LogP contribution in [0.3, 0.4) is 0 Å². The van der Waals surface area contributed by atoms with Crippen LogP contribution >= 0.6 is 0 Å². The van der Waals surface area contributed by atoms with Gasteiger partial charge in [-0.3, -0.25) is 4.79 Å². The number of rotatable bonds is 15. The summed E-state index contributed by atoms with van der Waals surface area (Å²) in [5, 5.41) is 17.6. The van der Waals surface area contributed by atoms with Crippen LogP contribution in [0.5, 0.6) is 0 Å². The largest absolute Gasteiger partial charge is 0.445 e. The lowest BCUT2D eigenvalue weighted by atomic mass is 10.1. The summed E-state index contributed by atoms with van der Waals surface area (Å²) in [6.45, 7) is 0.777. The quantitative estimate of drug-likeness (QED) is 0.235. The van der Waals surface area contributed by atoms with Crippen LogP contribution in [0.2, 0.25) is 0 Å². The molecule has 36 heavy (non-hydrogen) atoms. The number of amides is 3. The first kappa shape index (κ1) is 28.6. The molecule has 0 aromatic heterocycles. The fraction of sp³-hybridized carbons (Fsp3) is 0.423. The smallest absolute Gasteiger partial charge is 0.407 e. The molecule has 0 spiro atoms. The van der Waals surface area contributed by atoms with E-state index in [4.69, 9.17) is 15.2 Å². The van der Waals surface area contributed by atoms with Gasteiger partial charge in [-0.1, -0.05) is 60.7 Å². The first-order valence-corrected chi connectivity index (χ1v) is 12.0. The Bertz CT molecular complexity index is 913. The molecular weight excluding hydrogens is 464 g/mol. The number of aliphatic hydroxyl groups is 1. The minimum absolute atomic E-state index is 0.0181. The van der Waals surface area contributed by atoms with Crippen LogP contribution in [0.25, 0.3) is 0 Å². The molecule has 10 heteroatoms. The normalized spacial score (nSPS) is 12.2. The van der Waals surface area contributed by atoms with E-state index >= 15 is 0 Å². The molecule has 0 aliphatic heterocycles. The Morgan fingerprint density at radius 1 is 0.833 bits per heavy atom. The highest BCUT2D eigenvalue weighted by atomic mass is 16.6. The number of alkyl carbamates (subject to hydrolysis) is 2. The summed E-state index contributed by atoms with van der Waals surface area (Å²) < 4.78 is 10.4. The zero-order chi connectivity index (χ0) is 26.0. The van der Waals surface area contributed by atoms with Crippen molar-refractivity contribution < 1.29 is 29.0 Å². The van der Waals surface area contributed by atoms with Crippen LogP contribution in [0.4, 0.5) is 9.59 Å². The molecule has 0 aliphatic carbocycles. The number of nitrogens with one attached hydrogen (secondary N) is 3. The van der Waals surface area contributed by atoms with E-state index in [2.05, 4.69) is 16.0 Å². The van der Waals surface area contributed by atoms with E-state index in [1.54, 1.807) is 0 Å². The molecule has 0 heterocycles. The Kier molecular flexibility index (Phi) is 13.4. The lowest BCUT2D eigenvalue weighted by Crippen LogP contribution is -2.42. The summed E-state index contributed by atoms with van der Waals surface area (Å²) in [6.07, 6.45) is -0.175. The molecular formula is C26H36N4O6. The van der Waals surface area contributed by atoms with Crippen molar-refractivity contribution in [2.45, 2.75) is 51.0 Å². The average molecular weight is 501 g/mol. The molecule has 10 nitrogen and oxygen atoms in total. The van der Waals surface area contributed by atoms with Gasteiger partial charge in [0.2, 0.25) is 5.91 Å². The lowest BCUT2D eigenvalue weighted by molar-refractivity contribution is -0.122. The predicted octanol–water partition coefficient (Wildman–Crippen LogP) is 2.20. The van der Waals surface area contributed by atoms with Crippen molar-refractivity contribution in [2.75, 3.05) is 19.6 Å². The third-order valence-electron chi connectivity index (χ3n) is 5.23. The van der Waals surface area contributed by atoms with E-state index in [9.17, 15) is 19.5 Å². The topological polar surface area (TPSA) is 152 Å². The fourth-order valence-corrected chi connectivity index (χ4v) is 3.25. The molecule has 0 fully saturated rings. The molecule has 0 saturated carbocycles. The van der Waals surface area contributed by atoms with Gasteiger partial charge in [0.25, 0.3) is 0 Å². The van der Waals surface area contributed by atoms with Gasteiger partial charge in [-0.2, -0.15) is 0 Å². The van der Waals surface area contributed by atoms with Crippen LogP contribution in [-0.2, 0) is 27.5 Å². The molecule has 2 rings (SSSR count). The van der Waals surface area contributed by atoms with Crippen molar-refractivity contribution in [1.82, 2.24) is 16.0 Å². The van der Waals surface area contributed by atoms with Gasteiger partial charge in [0, 0.05) is 32.1 Å². The van der Waals surface area contributed by atoms with E-state index in [-0.39, 0.29) is 38.6 Å². The van der Waals surface area contributed by atoms with E-state index in [0.717, 1.165) is 11.1 Å². The maximum atomic E-state index is 12.3. The summed E-state index contributed by atoms with van der Waals surface area (Å²) in [5.41, 5.74) is 7.11.